The van der Waals surface area contributed by atoms with E-state index in [4.69, 9.17) is 0 Å². The van der Waals surface area contributed by atoms with E-state index >= 15 is 0 Å². The van der Waals surface area contributed by atoms with Crippen molar-refractivity contribution < 1.29 is 4.92 Å². The topological polar surface area (TPSA) is 43.1 Å². The number of thiophene rings is 1. The summed E-state index contributed by atoms with van der Waals surface area (Å²) in [5.41, 5.74) is 0. The van der Waals surface area contributed by atoms with Crippen LogP contribution in [0.5, 0.6) is 0 Å². The zero-order valence-corrected chi connectivity index (χ0v) is 7.71. The molecule has 3 nitrogen and oxygen atoms in total. The van der Waals surface area contributed by atoms with E-state index in [1.165, 1.54) is 0 Å². The van der Waals surface area contributed by atoms with Crippen molar-refractivity contribution >= 4 is 11.3 Å². The first kappa shape index (κ1) is 9.19. The number of rotatable bonds is 4. The van der Waals surface area contributed by atoms with Crippen LogP contribution in [0.3, 0.4) is 0 Å². The van der Waals surface area contributed by atoms with Crippen molar-refractivity contribution in [1.29, 1.82) is 0 Å². The molecule has 0 aromatic carbocycles. The molecule has 0 spiro atoms. The van der Waals surface area contributed by atoms with Crippen LogP contribution in [0.1, 0.15) is 24.1 Å². The van der Waals surface area contributed by atoms with Gasteiger partial charge in [0.2, 0.25) is 6.54 Å². The molecule has 0 unspecified atom stereocenters. The summed E-state index contributed by atoms with van der Waals surface area (Å²) in [6, 6.07) is 3.89. The third-order valence-corrected chi connectivity index (χ3v) is 2.84. The highest BCUT2D eigenvalue weighted by atomic mass is 32.1. The summed E-state index contributed by atoms with van der Waals surface area (Å²) in [5.74, 6) is 0.0972. The normalized spacial score (nSPS) is 12.8. The Labute approximate surface area is 75.2 Å². The van der Waals surface area contributed by atoms with E-state index in [1.807, 2.05) is 24.4 Å². The highest BCUT2D eigenvalue weighted by Gasteiger charge is 2.15. The highest BCUT2D eigenvalue weighted by Crippen LogP contribution is 2.23. The van der Waals surface area contributed by atoms with Crippen LogP contribution in [0, 0.1) is 10.1 Å². The molecule has 0 fully saturated rings. The van der Waals surface area contributed by atoms with Gasteiger partial charge in [0.25, 0.3) is 0 Å². The molecule has 4 heteroatoms. The second-order valence-corrected chi connectivity index (χ2v) is 3.62. The Bertz CT molecular complexity index is 246. The highest BCUT2D eigenvalue weighted by molar-refractivity contribution is 7.10. The Hall–Kier alpha value is -0.900. The summed E-state index contributed by atoms with van der Waals surface area (Å²) < 4.78 is 0. The van der Waals surface area contributed by atoms with Crippen molar-refractivity contribution in [3.8, 4) is 0 Å². The number of hydrogen-bond donors (Lipinski definition) is 0. The lowest BCUT2D eigenvalue weighted by molar-refractivity contribution is -0.483. The predicted molar refractivity (Wildman–Crippen MR) is 49.2 cm³/mol. The molecule has 1 heterocycles. The first-order valence-corrected chi connectivity index (χ1v) is 4.77. The van der Waals surface area contributed by atoms with Crippen LogP contribution in [0.15, 0.2) is 17.5 Å². The average Bonchev–Trinajstić information content (AvgIpc) is 2.51. The van der Waals surface area contributed by atoms with Crippen molar-refractivity contribution in [3.05, 3.63) is 32.5 Å². The standard InChI is InChI=1S/C8H11NO2S/c1-2-7(6-9(10)11)8-4-3-5-12-8/h3-5,7H,2,6H2,1H3/t7-/m1/s1. The third-order valence-electron chi connectivity index (χ3n) is 1.81. The molecular formula is C8H11NO2S. The van der Waals surface area contributed by atoms with E-state index in [-0.39, 0.29) is 17.4 Å². The quantitative estimate of drug-likeness (QED) is 0.534. The predicted octanol–water partition coefficient (Wildman–Crippen LogP) is 2.52. The monoisotopic (exact) mass is 185 g/mol. The van der Waals surface area contributed by atoms with Crippen LogP contribution >= 0.6 is 11.3 Å². The molecule has 1 rings (SSSR count). The minimum Gasteiger partial charge on any atom is -0.265 e. The Kier molecular flexibility index (Phi) is 3.22. The first-order valence-electron chi connectivity index (χ1n) is 3.89. The largest absolute Gasteiger partial charge is 0.265 e. The minimum atomic E-state index is -0.242. The molecule has 0 saturated heterocycles. The fraction of sp³-hybridized carbons (Fsp3) is 0.500. The van der Waals surface area contributed by atoms with Gasteiger partial charge in [0.05, 0.1) is 5.92 Å². The molecule has 0 amide bonds. The smallest absolute Gasteiger partial charge is 0.211 e. The van der Waals surface area contributed by atoms with Gasteiger partial charge in [-0.1, -0.05) is 13.0 Å². The minimum absolute atomic E-state index is 0.0526. The zero-order valence-electron chi connectivity index (χ0n) is 6.90. The Morgan fingerprint density at radius 2 is 2.50 bits per heavy atom. The maximum atomic E-state index is 10.3. The lowest BCUT2D eigenvalue weighted by atomic mass is 10.1. The Morgan fingerprint density at radius 1 is 1.75 bits per heavy atom. The van der Waals surface area contributed by atoms with Crippen molar-refractivity contribution in [1.82, 2.24) is 0 Å². The maximum Gasteiger partial charge on any atom is 0.211 e. The van der Waals surface area contributed by atoms with Crippen LogP contribution in [0.25, 0.3) is 0 Å². The second-order valence-electron chi connectivity index (χ2n) is 2.64. The number of nitro groups is 1. The first-order chi connectivity index (χ1) is 5.74. The van der Waals surface area contributed by atoms with E-state index in [1.54, 1.807) is 11.3 Å². The second kappa shape index (κ2) is 4.21. The van der Waals surface area contributed by atoms with Crippen LogP contribution in [0.2, 0.25) is 0 Å². The third kappa shape index (κ3) is 2.30. The molecule has 1 aromatic heterocycles. The molecule has 66 valence electrons. The lowest BCUT2D eigenvalue weighted by Gasteiger charge is -2.06. The van der Waals surface area contributed by atoms with Crippen LogP contribution in [-0.4, -0.2) is 11.5 Å². The van der Waals surface area contributed by atoms with Crippen LogP contribution < -0.4 is 0 Å². The van der Waals surface area contributed by atoms with Gasteiger partial charge < -0.3 is 0 Å². The van der Waals surface area contributed by atoms with Crippen LogP contribution in [0.4, 0.5) is 0 Å². The summed E-state index contributed by atoms with van der Waals surface area (Å²) in [6.45, 7) is 2.03. The molecule has 0 saturated carbocycles. The van der Waals surface area contributed by atoms with Gasteiger partial charge >= 0.3 is 0 Å². The Balaban J connectivity index is 2.63. The molecule has 0 aliphatic rings. The van der Waals surface area contributed by atoms with Gasteiger partial charge in [-0.15, -0.1) is 11.3 Å². The molecule has 12 heavy (non-hydrogen) atoms. The van der Waals surface area contributed by atoms with E-state index in [0.29, 0.717) is 0 Å². The average molecular weight is 185 g/mol. The molecule has 0 bridgehead atoms. The molecular weight excluding hydrogens is 174 g/mol. The SMILES string of the molecule is CC[C@H](C[N+](=O)[O-])c1cccs1. The Morgan fingerprint density at radius 3 is 2.92 bits per heavy atom. The molecule has 0 N–H and O–H groups in total. The summed E-state index contributed by atoms with van der Waals surface area (Å²) in [5, 5.41) is 12.2. The van der Waals surface area contributed by atoms with Gasteiger partial charge in [-0.25, -0.2) is 0 Å². The molecule has 0 aliphatic heterocycles. The fourth-order valence-electron chi connectivity index (χ4n) is 1.12. The maximum absolute atomic E-state index is 10.3. The van der Waals surface area contributed by atoms with Gasteiger partial charge in [-0.2, -0.15) is 0 Å². The van der Waals surface area contributed by atoms with Gasteiger partial charge in [-0.3, -0.25) is 10.1 Å². The number of hydrogen-bond acceptors (Lipinski definition) is 3. The summed E-state index contributed by atoms with van der Waals surface area (Å²) in [6.07, 6.45) is 0.835. The lowest BCUT2D eigenvalue weighted by Crippen LogP contribution is -2.10. The fourth-order valence-corrected chi connectivity index (χ4v) is 2.03. The molecule has 0 radical (unpaired) electrons. The van der Waals surface area contributed by atoms with Crippen LogP contribution in [-0.2, 0) is 0 Å². The van der Waals surface area contributed by atoms with Crippen molar-refractivity contribution in [3.63, 3.8) is 0 Å². The molecule has 0 aliphatic carbocycles. The van der Waals surface area contributed by atoms with Crippen molar-refractivity contribution in [2.24, 2.45) is 0 Å². The van der Waals surface area contributed by atoms with Gasteiger partial charge in [0.1, 0.15) is 0 Å². The molecule has 1 atom stereocenters. The van der Waals surface area contributed by atoms with E-state index in [2.05, 4.69) is 0 Å². The zero-order chi connectivity index (χ0) is 8.97. The van der Waals surface area contributed by atoms with E-state index < -0.39 is 0 Å². The van der Waals surface area contributed by atoms with Crippen molar-refractivity contribution in [2.45, 2.75) is 19.3 Å². The molecule has 1 aromatic rings. The van der Waals surface area contributed by atoms with Gasteiger partial charge in [-0.05, 0) is 17.9 Å². The summed E-state index contributed by atoms with van der Waals surface area (Å²) in [7, 11) is 0. The van der Waals surface area contributed by atoms with E-state index in [9.17, 15) is 10.1 Å². The number of nitrogens with zero attached hydrogens (tertiary/aromatic N) is 1. The van der Waals surface area contributed by atoms with Crippen molar-refractivity contribution in [2.75, 3.05) is 6.54 Å². The van der Waals surface area contributed by atoms with Gasteiger partial charge in [0, 0.05) is 9.80 Å². The summed E-state index contributed by atoms with van der Waals surface area (Å²) in [4.78, 5) is 11.2. The van der Waals surface area contributed by atoms with E-state index in [0.717, 1.165) is 11.3 Å². The summed E-state index contributed by atoms with van der Waals surface area (Å²) >= 11 is 1.59. The van der Waals surface area contributed by atoms with Gasteiger partial charge in [0.15, 0.2) is 0 Å².